The maximum atomic E-state index is 12.4. The van der Waals surface area contributed by atoms with Crippen LogP contribution in [-0.4, -0.2) is 24.9 Å². The lowest BCUT2D eigenvalue weighted by Gasteiger charge is -2.26. The molecule has 0 aromatic heterocycles. The minimum absolute atomic E-state index is 0.00870. The van der Waals surface area contributed by atoms with Gasteiger partial charge < -0.3 is 10.1 Å². The van der Waals surface area contributed by atoms with E-state index in [1.165, 1.54) is 0 Å². The van der Waals surface area contributed by atoms with Gasteiger partial charge in [-0.05, 0) is 44.5 Å². The Morgan fingerprint density at radius 3 is 2.62 bits per heavy atom. The third-order valence-corrected chi connectivity index (χ3v) is 3.32. The second-order valence-electron chi connectivity index (χ2n) is 4.99. The van der Waals surface area contributed by atoms with Crippen molar-refractivity contribution in [1.82, 2.24) is 5.32 Å². The molecular weight excluding hydrogens is 303 g/mol. The molecule has 0 saturated heterocycles. The molecule has 0 spiro atoms. The van der Waals surface area contributed by atoms with E-state index in [9.17, 15) is 13.2 Å². The van der Waals surface area contributed by atoms with E-state index in [4.69, 9.17) is 16.3 Å². The van der Waals surface area contributed by atoms with E-state index < -0.39 is 12.6 Å². The van der Waals surface area contributed by atoms with Crippen LogP contribution in [0.15, 0.2) is 24.3 Å². The Morgan fingerprint density at radius 2 is 2.05 bits per heavy atom. The lowest BCUT2D eigenvalue weighted by Crippen LogP contribution is -2.42. The fourth-order valence-corrected chi connectivity index (χ4v) is 2.17. The normalized spacial score (nSPS) is 14.8. The van der Waals surface area contributed by atoms with E-state index in [0.29, 0.717) is 17.3 Å². The predicted octanol–water partition coefficient (Wildman–Crippen LogP) is 4.82. The predicted molar refractivity (Wildman–Crippen MR) is 78.9 cm³/mol. The van der Waals surface area contributed by atoms with Gasteiger partial charge in [-0.25, -0.2) is 0 Å². The molecular formula is C15H21ClF3NO. The third-order valence-electron chi connectivity index (χ3n) is 3.08. The molecule has 0 saturated carbocycles. The van der Waals surface area contributed by atoms with Gasteiger partial charge >= 0.3 is 6.18 Å². The molecule has 0 radical (unpaired) electrons. The summed E-state index contributed by atoms with van der Waals surface area (Å²) in [4.78, 5) is 0. The van der Waals surface area contributed by atoms with E-state index in [2.05, 4.69) is 5.32 Å². The quantitative estimate of drug-likeness (QED) is 0.740. The SMILES string of the molecule is CCCNC(CCC(F)(F)F)C(C)Oc1cccc(Cl)c1. The standard InChI is InChI=1S/C15H21ClF3NO/c1-3-9-20-14(7-8-15(17,18)19)11(2)21-13-6-4-5-12(16)10-13/h4-6,10-11,14,20H,3,7-9H2,1-2H3. The smallest absolute Gasteiger partial charge is 0.389 e. The van der Waals surface area contributed by atoms with E-state index >= 15 is 0 Å². The van der Waals surface area contributed by atoms with Crippen molar-refractivity contribution < 1.29 is 17.9 Å². The van der Waals surface area contributed by atoms with Crippen LogP contribution in [0.25, 0.3) is 0 Å². The van der Waals surface area contributed by atoms with Crippen LogP contribution in [-0.2, 0) is 0 Å². The third kappa shape index (κ3) is 7.58. The number of halogens is 4. The van der Waals surface area contributed by atoms with Crippen LogP contribution in [0.2, 0.25) is 5.02 Å². The lowest BCUT2D eigenvalue weighted by atomic mass is 10.1. The van der Waals surface area contributed by atoms with Crippen LogP contribution in [0, 0.1) is 0 Å². The Kier molecular flexibility index (Phi) is 7.32. The van der Waals surface area contributed by atoms with Crippen LogP contribution in [0.5, 0.6) is 5.75 Å². The van der Waals surface area contributed by atoms with Gasteiger partial charge in [-0.3, -0.25) is 0 Å². The first-order chi connectivity index (χ1) is 9.81. The first-order valence-corrected chi connectivity index (χ1v) is 7.42. The number of benzene rings is 1. The molecule has 2 atom stereocenters. The summed E-state index contributed by atoms with van der Waals surface area (Å²) < 4.78 is 42.9. The Hall–Kier alpha value is -0.940. The van der Waals surface area contributed by atoms with Crippen LogP contribution in [0.4, 0.5) is 13.2 Å². The second-order valence-corrected chi connectivity index (χ2v) is 5.43. The van der Waals surface area contributed by atoms with Crippen molar-refractivity contribution in [3.8, 4) is 5.75 Å². The number of nitrogens with one attached hydrogen (secondary N) is 1. The summed E-state index contributed by atoms with van der Waals surface area (Å²) in [7, 11) is 0. The molecule has 0 heterocycles. The summed E-state index contributed by atoms with van der Waals surface area (Å²) in [6.45, 7) is 4.40. The van der Waals surface area contributed by atoms with Crippen molar-refractivity contribution in [2.24, 2.45) is 0 Å². The fourth-order valence-electron chi connectivity index (χ4n) is 1.99. The van der Waals surface area contributed by atoms with Gasteiger partial charge in [-0.1, -0.05) is 24.6 Å². The van der Waals surface area contributed by atoms with Crippen molar-refractivity contribution in [2.45, 2.75) is 51.4 Å². The van der Waals surface area contributed by atoms with Gasteiger partial charge in [0.15, 0.2) is 0 Å². The zero-order valence-corrected chi connectivity index (χ0v) is 13.0. The van der Waals surface area contributed by atoms with Gasteiger partial charge in [0, 0.05) is 17.5 Å². The number of hydrogen-bond acceptors (Lipinski definition) is 2. The van der Waals surface area contributed by atoms with Crippen molar-refractivity contribution in [3.63, 3.8) is 0 Å². The molecule has 1 rings (SSSR count). The summed E-state index contributed by atoms with van der Waals surface area (Å²) in [5, 5.41) is 3.65. The van der Waals surface area contributed by atoms with Crippen LogP contribution in [0.1, 0.15) is 33.1 Å². The van der Waals surface area contributed by atoms with Crippen LogP contribution < -0.4 is 10.1 Å². The highest BCUT2D eigenvalue weighted by atomic mass is 35.5. The van der Waals surface area contributed by atoms with E-state index in [1.807, 2.05) is 6.92 Å². The maximum absolute atomic E-state index is 12.4. The number of ether oxygens (including phenoxy) is 1. The molecule has 6 heteroatoms. The molecule has 0 amide bonds. The Labute approximate surface area is 128 Å². The molecule has 0 fully saturated rings. The molecule has 1 aromatic rings. The second kappa shape index (κ2) is 8.49. The van der Waals surface area contributed by atoms with Crippen LogP contribution >= 0.6 is 11.6 Å². The van der Waals surface area contributed by atoms with Gasteiger partial charge in [-0.2, -0.15) is 13.2 Å². The van der Waals surface area contributed by atoms with Gasteiger partial charge in [0.2, 0.25) is 0 Å². The monoisotopic (exact) mass is 323 g/mol. The Morgan fingerprint density at radius 1 is 1.33 bits per heavy atom. The fraction of sp³-hybridized carbons (Fsp3) is 0.600. The Bertz CT molecular complexity index is 426. The minimum atomic E-state index is -4.15. The number of hydrogen-bond donors (Lipinski definition) is 1. The average Bonchev–Trinajstić information content (AvgIpc) is 2.37. The molecule has 1 N–H and O–H groups in total. The highest BCUT2D eigenvalue weighted by molar-refractivity contribution is 6.30. The van der Waals surface area contributed by atoms with Crippen LogP contribution in [0.3, 0.4) is 0 Å². The Balaban J connectivity index is 2.63. The van der Waals surface area contributed by atoms with Gasteiger partial charge in [0.25, 0.3) is 0 Å². The summed E-state index contributed by atoms with van der Waals surface area (Å²) in [5.74, 6) is 0.560. The molecule has 120 valence electrons. The largest absolute Gasteiger partial charge is 0.489 e. The molecule has 2 nitrogen and oxygen atoms in total. The molecule has 0 aliphatic heterocycles. The minimum Gasteiger partial charge on any atom is -0.489 e. The van der Waals surface area contributed by atoms with Crippen molar-refractivity contribution in [2.75, 3.05) is 6.54 Å². The molecule has 21 heavy (non-hydrogen) atoms. The average molecular weight is 324 g/mol. The number of alkyl halides is 3. The highest BCUT2D eigenvalue weighted by Gasteiger charge is 2.30. The number of rotatable bonds is 8. The van der Waals surface area contributed by atoms with E-state index in [-0.39, 0.29) is 18.6 Å². The topological polar surface area (TPSA) is 21.3 Å². The highest BCUT2D eigenvalue weighted by Crippen LogP contribution is 2.25. The zero-order chi connectivity index (χ0) is 15.9. The summed E-state index contributed by atoms with van der Waals surface area (Å²) in [6, 6.07) is 6.50. The summed E-state index contributed by atoms with van der Waals surface area (Å²) in [5.41, 5.74) is 0. The van der Waals surface area contributed by atoms with Crippen molar-refractivity contribution in [1.29, 1.82) is 0 Å². The van der Waals surface area contributed by atoms with Gasteiger partial charge in [0.1, 0.15) is 11.9 Å². The first kappa shape index (κ1) is 18.1. The van der Waals surface area contributed by atoms with Gasteiger partial charge in [0.05, 0.1) is 0 Å². The van der Waals surface area contributed by atoms with Crippen molar-refractivity contribution in [3.05, 3.63) is 29.3 Å². The van der Waals surface area contributed by atoms with E-state index in [0.717, 1.165) is 6.42 Å². The lowest BCUT2D eigenvalue weighted by molar-refractivity contribution is -0.137. The molecule has 0 bridgehead atoms. The zero-order valence-electron chi connectivity index (χ0n) is 12.2. The van der Waals surface area contributed by atoms with Crippen molar-refractivity contribution >= 4 is 11.6 Å². The first-order valence-electron chi connectivity index (χ1n) is 7.04. The molecule has 0 aliphatic rings. The summed E-state index contributed by atoms with van der Waals surface area (Å²) >= 11 is 5.87. The maximum Gasteiger partial charge on any atom is 0.389 e. The molecule has 0 aliphatic carbocycles. The molecule has 2 unspecified atom stereocenters. The van der Waals surface area contributed by atoms with Gasteiger partial charge in [-0.15, -0.1) is 0 Å². The summed E-state index contributed by atoms with van der Waals surface area (Å²) in [6.07, 6.45) is -4.51. The van der Waals surface area contributed by atoms with E-state index in [1.54, 1.807) is 31.2 Å². The molecule has 1 aromatic carbocycles.